The number of halogens is 6. The molecule has 0 spiro atoms. The highest BCUT2D eigenvalue weighted by Crippen LogP contribution is 2.44. The number of esters is 1. The van der Waals surface area contributed by atoms with Crippen molar-refractivity contribution in [2.24, 2.45) is 0 Å². The first kappa shape index (κ1) is 38.9. The molecule has 9 rings (SSSR count). The molecule has 12 nitrogen and oxygen atoms in total. The number of fused-ring (bicyclic) bond motifs is 4. The first-order valence-corrected chi connectivity index (χ1v) is 18.5. The van der Waals surface area contributed by atoms with Crippen LogP contribution in [0.1, 0.15) is 27.6 Å². The second kappa shape index (κ2) is 15.4. The normalized spacial score (nSPS) is 13.8. The van der Waals surface area contributed by atoms with Crippen LogP contribution in [0.3, 0.4) is 0 Å². The Labute approximate surface area is 334 Å². The smallest absolute Gasteiger partial charge is 0.343 e. The third-order valence-corrected chi connectivity index (χ3v) is 10.1. The molecule has 6 aromatic rings. The zero-order chi connectivity index (χ0) is 41.0. The average Bonchev–Trinajstić information content (AvgIpc) is 3.21. The maximum absolute atomic E-state index is 14.5. The first-order valence-electron chi connectivity index (χ1n) is 17.7. The van der Waals surface area contributed by atoms with Gasteiger partial charge in [-0.3, -0.25) is 19.3 Å². The number of carbonyl (C=O) groups is 2. The fourth-order valence-electron chi connectivity index (χ4n) is 6.89. The molecule has 58 heavy (non-hydrogen) atoms. The summed E-state index contributed by atoms with van der Waals surface area (Å²) in [5, 5.41) is 3.12. The summed E-state index contributed by atoms with van der Waals surface area (Å²) in [5.41, 5.74) is -1.15. The minimum atomic E-state index is -1.26. The van der Waals surface area contributed by atoms with Gasteiger partial charge in [0.15, 0.2) is 34.6 Å². The van der Waals surface area contributed by atoms with Gasteiger partial charge in [0.05, 0.1) is 42.0 Å². The van der Waals surface area contributed by atoms with Gasteiger partial charge < -0.3 is 33.4 Å². The summed E-state index contributed by atoms with van der Waals surface area (Å²) in [7, 11) is 0. The average molecular weight is 840 g/mol. The van der Waals surface area contributed by atoms with E-state index in [1.54, 1.807) is 19.1 Å². The maximum atomic E-state index is 14.5. The molecular formula is C40H28Cl2F4N4O8. The van der Waals surface area contributed by atoms with E-state index in [4.69, 9.17) is 42.1 Å². The number of hydrogen-bond donors (Lipinski definition) is 1. The molecule has 5 heterocycles. The number of nitrogens with one attached hydrogen (secondary N) is 1. The van der Waals surface area contributed by atoms with Crippen LogP contribution in [0.25, 0.3) is 33.2 Å². The summed E-state index contributed by atoms with van der Waals surface area (Å²) in [6.45, 7) is 5.39. The molecule has 1 N–H and O–H groups in total. The maximum Gasteiger partial charge on any atom is 0.343 e. The van der Waals surface area contributed by atoms with Gasteiger partial charge in [0.1, 0.15) is 22.2 Å². The van der Waals surface area contributed by atoms with E-state index in [1.165, 1.54) is 45.8 Å². The van der Waals surface area contributed by atoms with Crippen LogP contribution < -0.4 is 25.6 Å². The second-order valence-corrected chi connectivity index (χ2v) is 14.0. The Morgan fingerprint density at radius 1 is 0.759 bits per heavy atom. The molecule has 0 radical (unpaired) electrons. The lowest BCUT2D eigenvalue weighted by molar-refractivity contribution is 0.0383. The topological polar surface area (TPSA) is 130 Å². The highest BCUT2D eigenvalue weighted by atomic mass is 35.5. The molecule has 1 fully saturated rings. The van der Waals surface area contributed by atoms with Crippen LogP contribution in [-0.2, 0) is 9.47 Å². The van der Waals surface area contributed by atoms with Gasteiger partial charge in [0, 0.05) is 48.6 Å². The van der Waals surface area contributed by atoms with Gasteiger partial charge in [0.2, 0.25) is 22.5 Å². The van der Waals surface area contributed by atoms with Gasteiger partial charge in [0.25, 0.3) is 5.91 Å². The number of hydrogen-bond acceptors (Lipinski definition) is 9. The molecule has 1 amide bonds. The summed E-state index contributed by atoms with van der Waals surface area (Å²) in [5.74, 6) is -6.81. The molecule has 298 valence electrons. The van der Waals surface area contributed by atoms with Crippen molar-refractivity contribution in [1.29, 1.82) is 0 Å². The number of benzene rings is 4. The first-order chi connectivity index (χ1) is 27.9. The van der Waals surface area contributed by atoms with Gasteiger partial charge in [-0.2, -0.15) is 8.78 Å². The summed E-state index contributed by atoms with van der Waals surface area (Å²) in [6.07, 6.45) is 2.54. The number of rotatable bonds is 6. The number of amides is 1. The molecule has 0 saturated carbocycles. The minimum absolute atomic E-state index is 0.0108. The summed E-state index contributed by atoms with van der Waals surface area (Å²) >= 11 is 12.1. The number of carbonyl (C=O) groups excluding carboxylic acids is 2. The lowest BCUT2D eigenvalue weighted by Gasteiger charge is -2.26. The van der Waals surface area contributed by atoms with Crippen molar-refractivity contribution in [3.8, 4) is 34.4 Å². The largest absolute Gasteiger partial charge is 0.462 e. The molecule has 3 aliphatic rings. The Hall–Kier alpha value is -5.94. The third-order valence-electron chi connectivity index (χ3n) is 9.62. The Morgan fingerprint density at radius 3 is 1.78 bits per heavy atom. The van der Waals surface area contributed by atoms with E-state index >= 15 is 0 Å². The van der Waals surface area contributed by atoms with Crippen molar-refractivity contribution in [2.45, 2.75) is 6.92 Å². The van der Waals surface area contributed by atoms with Crippen LogP contribution in [0.2, 0.25) is 10.0 Å². The van der Waals surface area contributed by atoms with Crippen LogP contribution in [0.5, 0.6) is 23.0 Å². The van der Waals surface area contributed by atoms with Crippen LogP contribution in [0, 0.1) is 23.3 Å². The molecule has 1 saturated heterocycles. The Morgan fingerprint density at radius 2 is 1.26 bits per heavy atom. The van der Waals surface area contributed by atoms with E-state index in [1.807, 2.05) is 0 Å². The van der Waals surface area contributed by atoms with Crippen molar-refractivity contribution in [2.75, 3.05) is 46.0 Å². The molecule has 4 aromatic carbocycles. The molecule has 2 aromatic heterocycles. The van der Waals surface area contributed by atoms with E-state index in [2.05, 4.69) is 10.2 Å². The summed E-state index contributed by atoms with van der Waals surface area (Å²) in [4.78, 5) is 52.8. The second-order valence-electron chi connectivity index (χ2n) is 13.1. The van der Waals surface area contributed by atoms with Gasteiger partial charge in [-0.1, -0.05) is 23.2 Å². The van der Waals surface area contributed by atoms with E-state index in [-0.39, 0.29) is 51.0 Å². The van der Waals surface area contributed by atoms with Gasteiger partial charge in [-0.05, 0) is 55.5 Å². The van der Waals surface area contributed by atoms with E-state index in [0.717, 1.165) is 25.2 Å². The van der Waals surface area contributed by atoms with Gasteiger partial charge in [-0.25, -0.2) is 13.6 Å². The molecule has 0 aliphatic carbocycles. The van der Waals surface area contributed by atoms with Crippen LogP contribution in [0.15, 0.2) is 70.5 Å². The van der Waals surface area contributed by atoms with E-state index < -0.39 is 57.5 Å². The third kappa shape index (κ3) is 6.81. The Kier molecular flexibility index (Phi) is 10.4. The molecular weight excluding hydrogens is 811 g/mol. The van der Waals surface area contributed by atoms with E-state index in [0.29, 0.717) is 47.7 Å². The standard InChI is InChI=1S/C22H18ClF2N3O4.C18H10ClF2NO4/c23-12-1-2-17-16(9-12)28-11-14(22(30)26-3-4-27-5-7-31-8-6-27)20(29)13-10-15(24)18(25)21(32-17)19(13)28;1-2-25-18(24)10-7-22-12-5-8(19)3-4-13(12)26-17-14(21)11(20)6-9(15(17)22)16(10)23/h1-2,9-11H,3-8H2,(H,26,30);3-7H,2H2,1H3. The fraction of sp³-hybridized carbons (Fsp3) is 0.200. The number of pyridine rings is 2. The van der Waals surface area contributed by atoms with Crippen molar-refractivity contribution >= 4 is 56.9 Å². The SMILES string of the molecule is CCOC(=O)c1cn2c3c(c(F)c(F)cc3c1=O)Oc1ccc(Cl)cc1-2.O=C(NCCN1CCOCC1)c1cn2c3c(c(F)c(F)cc3c1=O)Oc1ccc(Cl)cc1-2. The van der Waals surface area contributed by atoms with Gasteiger partial charge in [-0.15, -0.1) is 0 Å². The molecule has 18 heteroatoms. The lowest BCUT2D eigenvalue weighted by atomic mass is 10.1. The molecule has 0 unspecified atom stereocenters. The van der Waals surface area contributed by atoms with E-state index in [9.17, 15) is 36.7 Å². The summed E-state index contributed by atoms with van der Waals surface area (Å²) in [6, 6.07) is 10.7. The zero-order valence-corrected chi connectivity index (χ0v) is 31.6. The quantitative estimate of drug-likeness (QED) is 0.136. The number of ether oxygens (including phenoxy) is 4. The fourth-order valence-corrected chi connectivity index (χ4v) is 7.22. The number of morpholine rings is 1. The monoisotopic (exact) mass is 838 g/mol. The summed E-state index contributed by atoms with van der Waals surface area (Å²) < 4.78 is 81.1. The zero-order valence-electron chi connectivity index (χ0n) is 30.1. The van der Waals surface area contributed by atoms with Crippen LogP contribution >= 0.6 is 23.2 Å². The molecule has 0 atom stereocenters. The van der Waals surface area contributed by atoms with Crippen LogP contribution in [-0.4, -0.2) is 71.9 Å². The molecule has 0 bridgehead atoms. The Bertz CT molecular complexity index is 2840. The van der Waals surface area contributed by atoms with Crippen LogP contribution in [0.4, 0.5) is 17.6 Å². The minimum Gasteiger partial charge on any atom is -0.462 e. The highest BCUT2D eigenvalue weighted by molar-refractivity contribution is 6.31. The van der Waals surface area contributed by atoms with Gasteiger partial charge >= 0.3 is 5.97 Å². The van der Waals surface area contributed by atoms with Crippen molar-refractivity contribution in [3.05, 3.63) is 126 Å². The number of nitrogens with zero attached hydrogens (tertiary/aromatic N) is 3. The number of aromatic nitrogens is 2. The van der Waals surface area contributed by atoms with Crippen molar-refractivity contribution < 1.29 is 46.1 Å². The Balaban J connectivity index is 0.000000165. The van der Waals surface area contributed by atoms with Crippen molar-refractivity contribution in [1.82, 2.24) is 19.4 Å². The highest BCUT2D eigenvalue weighted by Gasteiger charge is 2.31. The predicted octanol–water partition coefficient (Wildman–Crippen LogP) is 7.29. The molecule has 3 aliphatic heterocycles. The van der Waals surface area contributed by atoms with Crippen molar-refractivity contribution in [3.63, 3.8) is 0 Å². The lowest BCUT2D eigenvalue weighted by Crippen LogP contribution is -2.42. The predicted molar refractivity (Wildman–Crippen MR) is 205 cm³/mol.